The summed E-state index contributed by atoms with van der Waals surface area (Å²) in [6.07, 6.45) is 5.16. The predicted octanol–water partition coefficient (Wildman–Crippen LogP) is 2.57. The lowest BCUT2D eigenvalue weighted by atomic mass is 9.78. The van der Waals surface area contributed by atoms with Crippen molar-refractivity contribution in [1.82, 2.24) is 9.80 Å². The maximum Gasteiger partial charge on any atom is 0.257 e. The zero-order valence-corrected chi connectivity index (χ0v) is 16.2. The Kier molecular flexibility index (Phi) is 4.74. The van der Waals surface area contributed by atoms with Gasteiger partial charge in [0.25, 0.3) is 5.91 Å². The van der Waals surface area contributed by atoms with Gasteiger partial charge in [0, 0.05) is 26.2 Å². The molecule has 0 radical (unpaired) electrons. The first-order valence-corrected chi connectivity index (χ1v) is 9.87. The molecule has 0 N–H and O–H groups in total. The van der Waals surface area contributed by atoms with Gasteiger partial charge in [-0.2, -0.15) is 0 Å². The summed E-state index contributed by atoms with van der Waals surface area (Å²) < 4.78 is 10.7. The van der Waals surface area contributed by atoms with Crippen molar-refractivity contribution in [2.24, 2.45) is 11.3 Å². The first kappa shape index (κ1) is 18.1. The van der Waals surface area contributed by atoms with Crippen LogP contribution in [0.5, 0.6) is 11.5 Å². The number of carbonyl (C=O) groups is 2. The lowest BCUT2D eigenvalue weighted by Gasteiger charge is -2.39. The lowest BCUT2D eigenvalue weighted by molar-refractivity contribution is -0.145. The molecule has 146 valence electrons. The van der Waals surface area contributed by atoms with Crippen LogP contribution >= 0.6 is 0 Å². The molecule has 1 aromatic rings. The molecular formula is C21H28N2O4. The van der Waals surface area contributed by atoms with Crippen molar-refractivity contribution in [1.29, 1.82) is 0 Å². The highest BCUT2D eigenvalue weighted by molar-refractivity contribution is 5.98. The summed E-state index contributed by atoms with van der Waals surface area (Å²) in [5.41, 5.74) is 0.0986. The Morgan fingerprint density at radius 2 is 2.00 bits per heavy atom. The van der Waals surface area contributed by atoms with Gasteiger partial charge < -0.3 is 19.3 Å². The molecule has 3 fully saturated rings. The van der Waals surface area contributed by atoms with Crippen LogP contribution in [0.25, 0.3) is 0 Å². The highest BCUT2D eigenvalue weighted by Crippen LogP contribution is 2.42. The smallest absolute Gasteiger partial charge is 0.257 e. The molecule has 1 aliphatic carbocycles. The molecule has 27 heavy (non-hydrogen) atoms. The summed E-state index contributed by atoms with van der Waals surface area (Å²) in [5, 5.41) is 0. The van der Waals surface area contributed by atoms with E-state index in [1.54, 1.807) is 32.4 Å². The molecule has 2 saturated heterocycles. The number of para-hydroxylation sites is 1. The number of amides is 2. The average molecular weight is 372 g/mol. The fourth-order valence-electron chi connectivity index (χ4n) is 4.59. The predicted molar refractivity (Wildman–Crippen MR) is 101 cm³/mol. The number of methoxy groups -OCH3 is 2. The van der Waals surface area contributed by atoms with Crippen molar-refractivity contribution >= 4 is 11.8 Å². The fraction of sp³-hybridized carbons (Fsp3) is 0.619. The van der Waals surface area contributed by atoms with Gasteiger partial charge in [0.1, 0.15) is 0 Å². The van der Waals surface area contributed by atoms with Gasteiger partial charge in [-0.25, -0.2) is 0 Å². The van der Waals surface area contributed by atoms with Gasteiger partial charge >= 0.3 is 0 Å². The van der Waals surface area contributed by atoms with Crippen LogP contribution in [0, 0.1) is 11.3 Å². The summed E-state index contributed by atoms with van der Waals surface area (Å²) in [7, 11) is 3.10. The Balaban J connectivity index is 1.52. The zero-order chi connectivity index (χ0) is 19.0. The van der Waals surface area contributed by atoms with Gasteiger partial charge in [-0.15, -0.1) is 0 Å². The topological polar surface area (TPSA) is 59.1 Å². The van der Waals surface area contributed by atoms with Crippen LogP contribution in [0.1, 0.15) is 42.5 Å². The fourth-order valence-corrected chi connectivity index (χ4v) is 4.59. The number of piperidine rings is 1. The van der Waals surface area contributed by atoms with E-state index < -0.39 is 5.41 Å². The summed E-state index contributed by atoms with van der Waals surface area (Å²) in [6, 6.07) is 5.34. The van der Waals surface area contributed by atoms with E-state index in [0.717, 1.165) is 32.4 Å². The maximum atomic E-state index is 13.2. The van der Waals surface area contributed by atoms with Crippen molar-refractivity contribution in [2.75, 3.05) is 40.4 Å². The van der Waals surface area contributed by atoms with E-state index in [1.165, 1.54) is 12.8 Å². The van der Waals surface area contributed by atoms with E-state index in [-0.39, 0.29) is 11.8 Å². The molecule has 6 nitrogen and oxygen atoms in total. The summed E-state index contributed by atoms with van der Waals surface area (Å²) >= 11 is 0. The molecule has 0 bridgehead atoms. The third kappa shape index (κ3) is 3.26. The third-order valence-corrected chi connectivity index (χ3v) is 6.27. The number of rotatable bonds is 5. The summed E-state index contributed by atoms with van der Waals surface area (Å²) in [5.74, 6) is 1.87. The van der Waals surface area contributed by atoms with Crippen molar-refractivity contribution in [2.45, 2.75) is 32.1 Å². The standard InChI is InChI=1S/C21H28N2O4/c1-26-17-6-3-5-16(18(17)27-2)19(24)23-12-10-21(14-23)9-4-11-22(20(21)25)13-15-7-8-15/h3,5-6,15H,4,7-14H2,1-2H3/t21-/m0/s1. The van der Waals surface area contributed by atoms with Crippen molar-refractivity contribution in [3.8, 4) is 11.5 Å². The Hall–Kier alpha value is -2.24. The van der Waals surface area contributed by atoms with Crippen LogP contribution in [0.4, 0.5) is 0 Å². The van der Waals surface area contributed by atoms with Crippen LogP contribution in [-0.2, 0) is 4.79 Å². The Morgan fingerprint density at radius 1 is 1.19 bits per heavy atom. The molecule has 4 rings (SSSR count). The van der Waals surface area contributed by atoms with Crippen molar-refractivity contribution < 1.29 is 19.1 Å². The molecule has 2 amide bonds. The summed E-state index contributed by atoms with van der Waals surface area (Å²) in [6.45, 7) is 2.89. The Morgan fingerprint density at radius 3 is 2.70 bits per heavy atom. The molecule has 0 aromatic heterocycles. The Bertz CT molecular complexity index is 746. The molecule has 2 aliphatic heterocycles. The minimum Gasteiger partial charge on any atom is -0.493 e. The van der Waals surface area contributed by atoms with E-state index in [0.29, 0.717) is 36.1 Å². The SMILES string of the molecule is COc1cccc(C(=O)N2CC[C@@]3(CCCN(CC4CC4)C3=O)C2)c1OC. The van der Waals surface area contributed by atoms with Crippen LogP contribution in [0.2, 0.25) is 0 Å². The molecule has 1 aromatic carbocycles. The highest BCUT2D eigenvalue weighted by atomic mass is 16.5. The molecule has 1 atom stereocenters. The second kappa shape index (κ2) is 7.06. The zero-order valence-electron chi connectivity index (χ0n) is 16.2. The highest BCUT2D eigenvalue weighted by Gasteiger charge is 2.50. The van der Waals surface area contributed by atoms with E-state index in [4.69, 9.17) is 9.47 Å². The van der Waals surface area contributed by atoms with Crippen LogP contribution in [0.15, 0.2) is 18.2 Å². The number of likely N-dealkylation sites (tertiary alicyclic amines) is 2. The summed E-state index contributed by atoms with van der Waals surface area (Å²) in [4.78, 5) is 30.2. The lowest BCUT2D eigenvalue weighted by Crippen LogP contribution is -2.50. The van der Waals surface area contributed by atoms with E-state index in [9.17, 15) is 9.59 Å². The van der Waals surface area contributed by atoms with E-state index in [1.807, 2.05) is 4.90 Å². The maximum absolute atomic E-state index is 13.2. The van der Waals surface area contributed by atoms with Gasteiger partial charge in [0.15, 0.2) is 11.5 Å². The van der Waals surface area contributed by atoms with Crippen LogP contribution in [0.3, 0.4) is 0 Å². The number of ether oxygens (including phenoxy) is 2. The molecule has 1 saturated carbocycles. The second-order valence-corrected chi connectivity index (χ2v) is 8.10. The molecule has 3 aliphatic rings. The third-order valence-electron chi connectivity index (χ3n) is 6.27. The molecule has 1 spiro atoms. The van der Waals surface area contributed by atoms with Crippen LogP contribution in [-0.4, -0.2) is 62.0 Å². The average Bonchev–Trinajstić information content (AvgIpc) is 3.41. The van der Waals surface area contributed by atoms with Gasteiger partial charge in [-0.3, -0.25) is 9.59 Å². The van der Waals surface area contributed by atoms with Gasteiger partial charge in [-0.1, -0.05) is 6.07 Å². The van der Waals surface area contributed by atoms with E-state index >= 15 is 0 Å². The van der Waals surface area contributed by atoms with E-state index in [2.05, 4.69) is 4.90 Å². The first-order chi connectivity index (χ1) is 13.1. The van der Waals surface area contributed by atoms with Crippen molar-refractivity contribution in [3.63, 3.8) is 0 Å². The molecule has 0 unspecified atom stereocenters. The number of nitrogens with zero attached hydrogens (tertiary/aromatic N) is 2. The number of hydrogen-bond donors (Lipinski definition) is 0. The van der Waals surface area contributed by atoms with Gasteiger partial charge in [0.2, 0.25) is 5.91 Å². The van der Waals surface area contributed by atoms with Crippen LogP contribution < -0.4 is 9.47 Å². The number of carbonyl (C=O) groups excluding carboxylic acids is 2. The number of benzene rings is 1. The first-order valence-electron chi connectivity index (χ1n) is 9.87. The number of hydrogen-bond acceptors (Lipinski definition) is 4. The largest absolute Gasteiger partial charge is 0.493 e. The van der Waals surface area contributed by atoms with Crippen molar-refractivity contribution in [3.05, 3.63) is 23.8 Å². The minimum absolute atomic E-state index is 0.0882. The molecule has 2 heterocycles. The normalized spacial score (nSPS) is 25.2. The molecular weight excluding hydrogens is 344 g/mol. The quantitative estimate of drug-likeness (QED) is 0.797. The monoisotopic (exact) mass is 372 g/mol. The Labute approximate surface area is 160 Å². The van der Waals surface area contributed by atoms with Gasteiger partial charge in [0.05, 0.1) is 25.2 Å². The minimum atomic E-state index is -0.394. The van der Waals surface area contributed by atoms with Gasteiger partial charge in [-0.05, 0) is 50.2 Å². The second-order valence-electron chi connectivity index (χ2n) is 8.10. The molecule has 6 heteroatoms.